The Kier molecular flexibility index (Phi) is 3.93. The van der Waals surface area contributed by atoms with Crippen molar-refractivity contribution in [2.45, 2.75) is 26.8 Å². The number of carbonyl (C=O) groups excluding carboxylic acids is 3. The molecule has 1 aliphatic heterocycles. The average molecular weight is 322 g/mol. The third-order valence-electron chi connectivity index (χ3n) is 4.32. The summed E-state index contributed by atoms with van der Waals surface area (Å²) in [4.78, 5) is 38.5. The number of fused-ring (bicyclic) bond motifs is 1. The first-order chi connectivity index (χ1) is 11.4. The molecule has 1 N–H and O–H groups in total. The lowest BCUT2D eigenvalue weighted by Crippen LogP contribution is -2.45. The van der Waals surface area contributed by atoms with E-state index in [9.17, 15) is 14.4 Å². The first-order valence-electron chi connectivity index (χ1n) is 7.76. The fraction of sp³-hybridized carbons (Fsp3) is 0.211. The van der Waals surface area contributed by atoms with Gasteiger partial charge in [-0.25, -0.2) is 0 Å². The number of nitrogens with one attached hydrogen (secondary N) is 1. The fourth-order valence-electron chi connectivity index (χ4n) is 2.92. The van der Waals surface area contributed by atoms with Crippen LogP contribution in [0.5, 0.6) is 0 Å². The Morgan fingerprint density at radius 3 is 1.92 bits per heavy atom. The van der Waals surface area contributed by atoms with Crippen molar-refractivity contribution >= 4 is 23.4 Å². The number of rotatable bonds is 3. The van der Waals surface area contributed by atoms with Gasteiger partial charge in [0.1, 0.15) is 6.04 Å². The Bertz CT molecular complexity index is 802. The number of imide groups is 1. The summed E-state index contributed by atoms with van der Waals surface area (Å²) in [5, 5.41) is 2.84. The van der Waals surface area contributed by atoms with Crippen LogP contribution in [0.4, 0.5) is 5.69 Å². The Morgan fingerprint density at radius 2 is 1.42 bits per heavy atom. The van der Waals surface area contributed by atoms with Crippen LogP contribution in [0, 0.1) is 13.8 Å². The molecule has 0 spiro atoms. The highest BCUT2D eigenvalue weighted by atomic mass is 16.2. The first kappa shape index (κ1) is 15.9. The lowest BCUT2D eigenvalue weighted by molar-refractivity contribution is -0.119. The second kappa shape index (κ2) is 5.92. The molecule has 5 heteroatoms. The van der Waals surface area contributed by atoms with Crippen molar-refractivity contribution in [2.75, 3.05) is 5.32 Å². The third kappa shape index (κ3) is 2.48. The molecule has 1 atom stereocenters. The van der Waals surface area contributed by atoms with Crippen LogP contribution in [0.2, 0.25) is 0 Å². The van der Waals surface area contributed by atoms with E-state index in [1.807, 2.05) is 32.0 Å². The van der Waals surface area contributed by atoms with Crippen molar-refractivity contribution in [1.29, 1.82) is 0 Å². The van der Waals surface area contributed by atoms with E-state index in [4.69, 9.17) is 0 Å². The van der Waals surface area contributed by atoms with E-state index in [1.54, 1.807) is 31.2 Å². The molecule has 0 radical (unpaired) electrons. The highest BCUT2D eigenvalue weighted by molar-refractivity contribution is 6.23. The number of hydrogen-bond acceptors (Lipinski definition) is 3. The van der Waals surface area contributed by atoms with Gasteiger partial charge >= 0.3 is 0 Å². The zero-order valence-electron chi connectivity index (χ0n) is 13.8. The van der Waals surface area contributed by atoms with Crippen molar-refractivity contribution in [3.63, 3.8) is 0 Å². The molecule has 24 heavy (non-hydrogen) atoms. The molecule has 1 heterocycles. The summed E-state index contributed by atoms with van der Waals surface area (Å²) < 4.78 is 0. The molecule has 0 aliphatic carbocycles. The number of benzene rings is 2. The highest BCUT2D eigenvalue weighted by Crippen LogP contribution is 2.26. The van der Waals surface area contributed by atoms with Gasteiger partial charge in [0.2, 0.25) is 5.91 Å². The maximum Gasteiger partial charge on any atom is 0.262 e. The van der Waals surface area contributed by atoms with Crippen molar-refractivity contribution in [3.8, 4) is 0 Å². The third-order valence-corrected chi connectivity index (χ3v) is 4.32. The van der Waals surface area contributed by atoms with E-state index in [2.05, 4.69) is 5.32 Å². The van der Waals surface area contributed by atoms with Gasteiger partial charge in [0.25, 0.3) is 11.8 Å². The number of para-hydroxylation sites is 1. The Morgan fingerprint density at radius 1 is 0.917 bits per heavy atom. The molecule has 0 saturated carbocycles. The maximum absolute atomic E-state index is 12.6. The van der Waals surface area contributed by atoms with Crippen molar-refractivity contribution in [1.82, 2.24) is 4.90 Å². The summed E-state index contributed by atoms with van der Waals surface area (Å²) in [7, 11) is 0. The lowest BCUT2D eigenvalue weighted by Gasteiger charge is -2.22. The van der Waals surface area contributed by atoms with Gasteiger partial charge in [0.05, 0.1) is 11.1 Å². The number of hydrogen-bond donors (Lipinski definition) is 1. The zero-order valence-corrected chi connectivity index (χ0v) is 13.8. The molecule has 2 aromatic rings. The number of aryl methyl sites for hydroxylation is 2. The van der Waals surface area contributed by atoms with Crippen LogP contribution in [0.1, 0.15) is 38.8 Å². The van der Waals surface area contributed by atoms with Gasteiger partial charge in [-0.05, 0) is 44.0 Å². The van der Waals surface area contributed by atoms with E-state index in [1.165, 1.54) is 0 Å². The van der Waals surface area contributed by atoms with Crippen LogP contribution in [0.25, 0.3) is 0 Å². The van der Waals surface area contributed by atoms with E-state index < -0.39 is 17.9 Å². The predicted molar refractivity (Wildman–Crippen MR) is 90.9 cm³/mol. The van der Waals surface area contributed by atoms with Crippen molar-refractivity contribution < 1.29 is 14.4 Å². The van der Waals surface area contributed by atoms with Gasteiger partial charge in [0, 0.05) is 5.69 Å². The van der Waals surface area contributed by atoms with Crippen LogP contribution in [-0.4, -0.2) is 28.7 Å². The molecule has 1 aliphatic rings. The Hall–Kier alpha value is -2.95. The molecule has 122 valence electrons. The minimum absolute atomic E-state index is 0.342. The first-order valence-corrected chi connectivity index (χ1v) is 7.76. The van der Waals surface area contributed by atoms with E-state index in [0.29, 0.717) is 16.8 Å². The van der Waals surface area contributed by atoms with Gasteiger partial charge in [-0.15, -0.1) is 0 Å². The minimum atomic E-state index is -0.892. The van der Waals surface area contributed by atoms with Gasteiger partial charge in [-0.2, -0.15) is 0 Å². The monoisotopic (exact) mass is 322 g/mol. The lowest BCUT2D eigenvalue weighted by atomic mass is 10.1. The molecule has 0 aromatic heterocycles. The van der Waals surface area contributed by atoms with Crippen LogP contribution >= 0.6 is 0 Å². The zero-order chi connectivity index (χ0) is 17.4. The molecule has 3 amide bonds. The van der Waals surface area contributed by atoms with Crippen LogP contribution in [0.3, 0.4) is 0 Å². The SMILES string of the molecule is Cc1cccc(C)c1NC(=O)[C@H](C)N1C(=O)c2ccccc2C1=O. The Balaban J connectivity index is 1.85. The number of carbonyl (C=O) groups is 3. The number of nitrogens with zero attached hydrogens (tertiary/aromatic N) is 1. The Labute approximate surface area is 140 Å². The quantitative estimate of drug-likeness (QED) is 0.884. The summed E-state index contributed by atoms with van der Waals surface area (Å²) in [6.45, 7) is 5.36. The normalized spacial score (nSPS) is 14.5. The summed E-state index contributed by atoms with van der Waals surface area (Å²) in [6.07, 6.45) is 0. The van der Waals surface area contributed by atoms with Crippen LogP contribution in [-0.2, 0) is 4.79 Å². The molecule has 0 unspecified atom stereocenters. The maximum atomic E-state index is 12.6. The van der Waals surface area contributed by atoms with E-state index in [0.717, 1.165) is 16.0 Å². The van der Waals surface area contributed by atoms with Crippen molar-refractivity contribution in [3.05, 3.63) is 64.7 Å². The molecule has 3 rings (SSSR count). The minimum Gasteiger partial charge on any atom is -0.324 e. The van der Waals surface area contributed by atoms with Gasteiger partial charge in [-0.3, -0.25) is 19.3 Å². The fourth-order valence-corrected chi connectivity index (χ4v) is 2.92. The molecule has 2 aromatic carbocycles. The highest BCUT2D eigenvalue weighted by Gasteiger charge is 2.40. The average Bonchev–Trinajstić information content (AvgIpc) is 2.82. The van der Waals surface area contributed by atoms with Crippen LogP contribution in [0.15, 0.2) is 42.5 Å². The second-order valence-corrected chi connectivity index (χ2v) is 5.96. The summed E-state index contributed by atoms with van der Waals surface area (Å²) in [5.74, 6) is -1.25. The van der Waals surface area contributed by atoms with Gasteiger partial charge < -0.3 is 5.32 Å². The summed E-state index contributed by atoms with van der Waals surface area (Å²) in [6, 6.07) is 11.4. The number of amides is 3. The summed E-state index contributed by atoms with van der Waals surface area (Å²) >= 11 is 0. The topological polar surface area (TPSA) is 66.5 Å². The smallest absolute Gasteiger partial charge is 0.262 e. The molecular weight excluding hydrogens is 304 g/mol. The van der Waals surface area contributed by atoms with Crippen LogP contribution < -0.4 is 5.32 Å². The second-order valence-electron chi connectivity index (χ2n) is 5.96. The largest absolute Gasteiger partial charge is 0.324 e. The van der Waals surface area contributed by atoms with Crippen molar-refractivity contribution in [2.24, 2.45) is 0 Å². The molecular formula is C19H18N2O3. The van der Waals surface area contributed by atoms with E-state index in [-0.39, 0.29) is 5.91 Å². The predicted octanol–water partition coefficient (Wildman–Crippen LogP) is 2.93. The molecule has 5 nitrogen and oxygen atoms in total. The standard InChI is InChI=1S/C19H18N2O3/c1-11-7-6-8-12(2)16(11)20-17(22)13(3)21-18(23)14-9-4-5-10-15(14)19(21)24/h4-10,13H,1-3H3,(H,20,22)/t13-/m0/s1. The van der Waals surface area contributed by atoms with E-state index >= 15 is 0 Å². The molecule has 0 fully saturated rings. The summed E-state index contributed by atoms with van der Waals surface area (Å²) in [5.41, 5.74) is 3.25. The van der Waals surface area contributed by atoms with Gasteiger partial charge in [-0.1, -0.05) is 30.3 Å². The van der Waals surface area contributed by atoms with Gasteiger partial charge in [0.15, 0.2) is 0 Å². The molecule has 0 saturated heterocycles. The number of anilines is 1. The molecule has 0 bridgehead atoms.